The van der Waals surface area contributed by atoms with Crippen LogP contribution in [0.1, 0.15) is 29.7 Å². The third-order valence-electron chi connectivity index (χ3n) is 3.26. The first-order valence-corrected chi connectivity index (χ1v) is 7.53. The fraction of sp³-hybridized carbons (Fsp3) is 0.294. The number of nitrogens with one attached hydrogen (secondary N) is 1. The maximum absolute atomic E-state index is 3.67. The van der Waals surface area contributed by atoms with E-state index >= 15 is 0 Å². The minimum absolute atomic E-state index is 0.349. The molecule has 1 nitrogen and oxygen atoms in total. The van der Waals surface area contributed by atoms with Crippen LogP contribution in [0.15, 0.2) is 53.0 Å². The number of aryl methyl sites for hydroxylation is 1. The van der Waals surface area contributed by atoms with Crippen LogP contribution in [-0.4, -0.2) is 6.54 Å². The van der Waals surface area contributed by atoms with Crippen LogP contribution in [0.5, 0.6) is 0 Å². The highest BCUT2D eigenvalue weighted by Crippen LogP contribution is 2.27. The van der Waals surface area contributed by atoms with E-state index in [1.807, 2.05) is 0 Å². The number of likely N-dealkylation sites (N-methyl/N-ethyl adjacent to an activating group) is 1. The molecular weight excluding hydrogens is 298 g/mol. The van der Waals surface area contributed by atoms with E-state index in [0.717, 1.165) is 13.0 Å². The topological polar surface area (TPSA) is 12.0 Å². The van der Waals surface area contributed by atoms with Crippen molar-refractivity contribution >= 4 is 15.9 Å². The molecule has 0 saturated heterocycles. The van der Waals surface area contributed by atoms with Gasteiger partial charge >= 0.3 is 0 Å². The monoisotopic (exact) mass is 317 g/mol. The summed E-state index contributed by atoms with van der Waals surface area (Å²) in [5, 5.41) is 3.59. The van der Waals surface area contributed by atoms with Crippen molar-refractivity contribution in [2.45, 2.75) is 26.3 Å². The van der Waals surface area contributed by atoms with Crippen molar-refractivity contribution in [2.24, 2.45) is 0 Å². The fourth-order valence-corrected chi connectivity index (χ4v) is 2.84. The van der Waals surface area contributed by atoms with Gasteiger partial charge in [-0.25, -0.2) is 0 Å². The Morgan fingerprint density at radius 3 is 2.53 bits per heavy atom. The third-order valence-corrected chi connectivity index (χ3v) is 3.98. The minimum atomic E-state index is 0.349. The summed E-state index contributed by atoms with van der Waals surface area (Å²) in [4.78, 5) is 0. The molecule has 1 atom stereocenters. The number of hydrogen-bond donors (Lipinski definition) is 1. The molecule has 2 rings (SSSR count). The van der Waals surface area contributed by atoms with Crippen molar-refractivity contribution in [3.05, 3.63) is 69.7 Å². The smallest absolute Gasteiger partial charge is 0.0372 e. The number of benzene rings is 2. The second-order valence-electron chi connectivity index (χ2n) is 4.82. The average molecular weight is 318 g/mol. The van der Waals surface area contributed by atoms with E-state index in [0.29, 0.717) is 6.04 Å². The molecule has 0 amide bonds. The van der Waals surface area contributed by atoms with Crippen molar-refractivity contribution in [2.75, 3.05) is 6.54 Å². The summed E-state index contributed by atoms with van der Waals surface area (Å²) in [7, 11) is 0. The molecule has 0 aliphatic carbocycles. The summed E-state index contributed by atoms with van der Waals surface area (Å²) < 4.78 is 1.18. The third kappa shape index (κ3) is 3.92. The lowest BCUT2D eigenvalue weighted by atomic mass is 9.97. The fourth-order valence-electron chi connectivity index (χ4n) is 2.32. The number of rotatable bonds is 5. The highest BCUT2D eigenvalue weighted by atomic mass is 79.9. The predicted octanol–water partition coefficient (Wildman–Crippen LogP) is 4.65. The van der Waals surface area contributed by atoms with Crippen LogP contribution in [0.25, 0.3) is 0 Å². The van der Waals surface area contributed by atoms with Gasteiger partial charge < -0.3 is 5.32 Å². The summed E-state index contributed by atoms with van der Waals surface area (Å²) in [6, 6.07) is 17.5. The van der Waals surface area contributed by atoms with E-state index in [2.05, 4.69) is 83.6 Å². The summed E-state index contributed by atoms with van der Waals surface area (Å²) in [5.74, 6) is 0. The highest BCUT2D eigenvalue weighted by molar-refractivity contribution is 9.10. The Morgan fingerprint density at radius 2 is 1.84 bits per heavy atom. The molecule has 0 saturated carbocycles. The van der Waals surface area contributed by atoms with E-state index < -0.39 is 0 Å². The Hall–Kier alpha value is -1.12. The zero-order valence-corrected chi connectivity index (χ0v) is 13.1. The Bertz CT molecular complexity index is 522. The molecule has 0 radical (unpaired) electrons. The first kappa shape index (κ1) is 14.3. The van der Waals surface area contributed by atoms with Crippen molar-refractivity contribution < 1.29 is 0 Å². The van der Waals surface area contributed by atoms with Gasteiger partial charge in [-0.1, -0.05) is 70.9 Å². The lowest BCUT2D eigenvalue weighted by molar-refractivity contribution is 0.547. The van der Waals surface area contributed by atoms with Crippen LogP contribution in [-0.2, 0) is 6.42 Å². The van der Waals surface area contributed by atoms with Gasteiger partial charge in [0.25, 0.3) is 0 Å². The molecule has 0 aromatic heterocycles. The van der Waals surface area contributed by atoms with Gasteiger partial charge in [0.15, 0.2) is 0 Å². The van der Waals surface area contributed by atoms with Crippen molar-refractivity contribution in [1.82, 2.24) is 5.32 Å². The zero-order chi connectivity index (χ0) is 13.7. The van der Waals surface area contributed by atoms with Gasteiger partial charge in [0.05, 0.1) is 0 Å². The highest BCUT2D eigenvalue weighted by Gasteiger charge is 2.14. The Morgan fingerprint density at radius 1 is 1.11 bits per heavy atom. The zero-order valence-electron chi connectivity index (χ0n) is 11.5. The summed E-state index contributed by atoms with van der Waals surface area (Å²) >= 11 is 3.67. The molecule has 2 aromatic rings. The number of halogens is 1. The summed E-state index contributed by atoms with van der Waals surface area (Å²) in [5.41, 5.74) is 4.00. The molecule has 2 aromatic carbocycles. The summed E-state index contributed by atoms with van der Waals surface area (Å²) in [6.45, 7) is 5.26. The van der Waals surface area contributed by atoms with Gasteiger partial charge in [0.2, 0.25) is 0 Å². The van der Waals surface area contributed by atoms with Gasteiger partial charge in [0.1, 0.15) is 0 Å². The van der Waals surface area contributed by atoms with Crippen LogP contribution in [0.4, 0.5) is 0 Å². The SMILES string of the molecule is CCNC(Cc1ccccc1)c1cc(C)ccc1Br. The van der Waals surface area contributed by atoms with Crippen LogP contribution in [0, 0.1) is 6.92 Å². The molecule has 0 bridgehead atoms. The van der Waals surface area contributed by atoms with E-state index in [1.54, 1.807) is 0 Å². The van der Waals surface area contributed by atoms with Crippen LogP contribution in [0.2, 0.25) is 0 Å². The lowest BCUT2D eigenvalue weighted by Gasteiger charge is -2.20. The molecule has 1 unspecified atom stereocenters. The van der Waals surface area contributed by atoms with Crippen molar-refractivity contribution in [1.29, 1.82) is 0 Å². The van der Waals surface area contributed by atoms with Crippen LogP contribution < -0.4 is 5.32 Å². The number of hydrogen-bond acceptors (Lipinski definition) is 1. The molecule has 0 aliphatic rings. The lowest BCUT2D eigenvalue weighted by Crippen LogP contribution is -2.23. The maximum Gasteiger partial charge on any atom is 0.0372 e. The van der Waals surface area contributed by atoms with E-state index in [4.69, 9.17) is 0 Å². The first-order valence-electron chi connectivity index (χ1n) is 6.74. The van der Waals surface area contributed by atoms with Crippen molar-refractivity contribution in [3.8, 4) is 0 Å². The Labute approximate surface area is 124 Å². The molecular formula is C17H20BrN. The largest absolute Gasteiger partial charge is 0.310 e. The van der Waals surface area contributed by atoms with Gasteiger partial charge in [-0.2, -0.15) is 0 Å². The quantitative estimate of drug-likeness (QED) is 0.846. The second kappa shape index (κ2) is 6.88. The van der Waals surface area contributed by atoms with Gasteiger partial charge in [-0.05, 0) is 37.1 Å². The molecule has 0 fully saturated rings. The van der Waals surface area contributed by atoms with Gasteiger partial charge in [-0.15, -0.1) is 0 Å². The Kier molecular flexibility index (Phi) is 5.17. The molecule has 0 spiro atoms. The van der Waals surface area contributed by atoms with E-state index in [1.165, 1.54) is 21.2 Å². The molecule has 0 heterocycles. The molecule has 0 aliphatic heterocycles. The first-order chi connectivity index (χ1) is 9.20. The Balaban J connectivity index is 2.27. The average Bonchev–Trinajstić information content (AvgIpc) is 2.42. The standard InChI is InChI=1S/C17H20BrN/c1-3-19-17(12-14-7-5-4-6-8-14)15-11-13(2)9-10-16(15)18/h4-11,17,19H,3,12H2,1-2H3. The van der Waals surface area contributed by atoms with Gasteiger partial charge in [-0.3, -0.25) is 0 Å². The van der Waals surface area contributed by atoms with Gasteiger partial charge in [0, 0.05) is 10.5 Å². The van der Waals surface area contributed by atoms with E-state index in [-0.39, 0.29) is 0 Å². The maximum atomic E-state index is 3.67. The minimum Gasteiger partial charge on any atom is -0.310 e. The molecule has 100 valence electrons. The van der Waals surface area contributed by atoms with Crippen LogP contribution in [0.3, 0.4) is 0 Å². The van der Waals surface area contributed by atoms with E-state index in [9.17, 15) is 0 Å². The molecule has 2 heteroatoms. The second-order valence-corrected chi connectivity index (χ2v) is 5.68. The molecule has 1 N–H and O–H groups in total. The molecule has 19 heavy (non-hydrogen) atoms. The van der Waals surface area contributed by atoms with Crippen LogP contribution >= 0.6 is 15.9 Å². The summed E-state index contributed by atoms with van der Waals surface area (Å²) in [6.07, 6.45) is 1.01. The van der Waals surface area contributed by atoms with Crippen molar-refractivity contribution in [3.63, 3.8) is 0 Å². The normalized spacial score (nSPS) is 12.4. The predicted molar refractivity (Wildman–Crippen MR) is 85.4 cm³/mol.